The predicted octanol–water partition coefficient (Wildman–Crippen LogP) is 2.76. The fraction of sp³-hybridized carbons (Fsp3) is 0.933. The predicted molar refractivity (Wildman–Crippen MR) is 84.7 cm³/mol. The molecule has 0 aliphatic carbocycles. The topological polar surface area (TPSA) is 32.3 Å². The van der Waals surface area contributed by atoms with Crippen molar-refractivity contribution in [3.63, 3.8) is 0 Å². The lowest BCUT2D eigenvalue weighted by molar-refractivity contribution is -0.118. The number of amides is 1. The maximum absolute atomic E-state index is 11.6. The van der Waals surface area contributed by atoms with E-state index in [0.29, 0.717) is 5.75 Å². The SMILES string of the molecule is CC1CCN(CCCNC(=O)CSC(C)(C)C)CC1. The first-order valence-electron chi connectivity index (χ1n) is 7.50. The second kappa shape index (κ2) is 8.15. The van der Waals surface area contributed by atoms with Gasteiger partial charge in [0.1, 0.15) is 0 Å². The monoisotopic (exact) mass is 286 g/mol. The van der Waals surface area contributed by atoms with Gasteiger partial charge in [0.05, 0.1) is 5.75 Å². The van der Waals surface area contributed by atoms with Crippen LogP contribution in [0, 0.1) is 5.92 Å². The molecule has 0 aromatic rings. The van der Waals surface area contributed by atoms with Gasteiger partial charge in [-0.15, -0.1) is 11.8 Å². The molecular formula is C15H30N2OS. The van der Waals surface area contributed by atoms with Crippen LogP contribution in [0.5, 0.6) is 0 Å². The molecular weight excluding hydrogens is 256 g/mol. The zero-order chi connectivity index (χ0) is 14.3. The van der Waals surface area contributed by atoms with Crippen molar-refractivity contribution >= 4 is 17.7 Å². The third kappa shape index (κ3) is 8.53. The lowest BCUT2D eigenvalue weighted by Crippen LogP contribution is -2.35. The van der Waals surface area contributed by atoms with Gasteiger partial charge in [-0.25, -0.2) is 0 Å². The summed E-state index contributed by atoms with van der Waals surface area (Å²) in [6, 6.07) is 0. The minimum Gasteiger partial charge on any atom is -0.355 e. The summed E-state index contributed by atoms with van der Waals surface area (Å²) in [5.74, 6) is 1.64. The van der Waals surface area contributed by atoms with Crippen molar-refractivity contribution in [3.05, 3.63) is 0 Å². The molecule has 0 atom stereocenters. The first-order chi connectivity index (χ1) is 8.87. The van der Waals surface area contributed by atoms with E-state index in [2.05, 4.69) is 37.9 Å². The van der Waals surface area contributed by atoms with E-state index in [1.807, 2.05) is 0 Å². The van der Waals surface area contributed by atoms with Crippen LogP contribution < -0.4 is 5.32 Å². The number of nitrogens with zero attached hydrogens (tertiary/aromatic N) is 1. The molecule has 112 valence electrons. The van der Waals surface area contributed by atoms with Gasteiger partial charge < -0.3 is 10.2 Å². The number of hydrogen-bond donors (Lipinski definition) is 1. The Morgan fingerprint density at radius 3 is 2.53 bits per heavy atom. The Bertz CT molecular complexity index is 268. The highest BCUT2D eigenvalue weighted by molar-refractivity contribution is 8.01. The molecule has 19 heavy (non-hydrogen) atoms. The van der Waals surface area contributed by atoms with E-state index < -0.39 is 0 Å². The quantitative estimate of drug-likeness (QED) is 0.762. The highest BCUT2D eigenvalue weighted by atomic mass is 32.2. The van der Waals surface area contributed by atoms with E-state index in [9.17, 15) is 4.79 Å². The van der Waals surface area contributed by atoms with Gasteiger partial charge in [0.2, 0.25) is 5.91 Å². The number of nitrogens with one attached hydrogen (secondary N) is 1. The molecule has 0 radical (unpaired) electrons. The molecule has 0 unspecified atom stereocenters. The van der Waals surface area contributed by atoms with Gasteiger partial charge in [-0.1, -0.05) is 27.7 Å². The molecule has 1 rings (SSSR count). The van der Waals surface area contributed by atoms with Gasteiger partial charge in [0, 0.05) is 11.3 Å². The number of likely N-dealkylation sites (tertiary alicyclic amines) is 1. The fourth-order valence-corrected chi connectivity index (χ4v) is 2.82. The standard InChI is InChI=1S/C15H30N2OS/c1-13-6-10-17(11-7-13)9-5-8-16-14(18)12-19-15(2,3)4/h13H,5-12H2,1-4H3,(H,16,18). The summed E-state index contributed by atoms with van der Waals surface area (Å²) in [5.41, 5.74) is 0. The molecule has 3 nitrogen and oxygen atoms in total. The smallest absolute Gasteiger partial charge is 0.230 e. The number of hydrogen-bond acceptors (Lipinski definition) is 3. The molecule has 1 aliphatic heterocycles. The van der Waals surface area contributed by atoms with Crippen LogP contribution >= 0.6 is 11.8 Å². The van der Waals surface area contributed by atoms with Crippen molar-refractivity contribution in [3.8, 4) is 0 Å². The average Bonchev–Trinajstić information content (AvgIpc) is 2.33. The van der Waals surface area contributed by atoms with Crippen LogP contribution in [0.3, 0.4) is 0 Å². The van der Waals surface area contributed by atoms with Gasteiger partial charge in [-0.05, 0) is 44.8 Å². The van der Waals surface area contributed by atoms with Crippen LogP contribution in [0.1, 0.15) is 47.0 Å². The second-order valence-corrected chi connectivity index (χ2v) is 8.43. The molecule has 0 bridgehead atoms. The van der Waals surface area contributed by atoms with Crippen LogP contribution in [0.25, 0.3) is 0 Å². The second-order valence-electron chi connectivity index (χ2n) is 6.63. The van der Waals surface area contributed by atoms with Crippen molar-refractivity contribution in [2.75, 3.05) is 31.9 Å². The van der Waals surface area contributed by atoms with Crippen LogP contribution in [0.15, 0.2) is 0 Å². The van der Waals surface area contributed by atoms with Gasteiger partial charge in [0.25, 0.3) is 0 Å². The van der Waals surface area contributed by atoms with Crippen LogP contribution in [0.2, 0.25) is 0 Å². The maximum atomic E-state index is 11.6. The van der Waals surface area contributed by atoms with E-state index in [0.717, 1.165) is 25.4 Å². The summed E-state index contributed by atoms with van der Waals surface area (Å²) in [5, 5.41) is 3.02. The van der Waals surface area contributed by atoms with Crippen molar-refractivity contribution < 1.29 is 4.79 Å². The van der Waals surface area contributed by atoms with Gasteiger partial charge in [0.15, 0.2) is 0 Å². The number of carbonyl (C=O) groups excluding carboxylic acids is 1. The van der Waals surface area contributed by atoms with E-state index in [1.54, 1.807) is 11.8 Å². The molecule has 0 spiro atoms. The van der Waals surface area contributed by atoms with E-state index in [1.165, 1.54) is 25.9 Å². The number of thioether (sulfide) groups is 1. The molecule has 1 amide bonds. The minimum atomic E-state index is 0.168. The van der Waals surface area contributed by atoms with Crippen molar-refractivity contribution in [2.45, 2.75) is 51.7 Å². The third-order valence-electron chi connectivity index (χ3n) is 3.49. The highest BCUT2D eigenvalue weighted by Crippen LogP contribution is 2.22. The largest absolute Gasteiger partial charge is 0.355 e. The van der Waals surface area contributed by atoms with E-state index in [-0.39, 0.29) is 10.7 Å². The fourth-order valence-electron chi connectivity index (χ4n) is 2.15. The summed E-state index contributed by atoms with van der Waals surface area (Å²) in [4.78, 5) is 14.2. The Kier molecular flexibility index (Phi) is 7.22. The van der Waals surface area contributed by atoms with Crippen molar-refractivity contribution in [1.29, 1.82) is 0 Å². The van der Waals surface area contributed by atoms with Gasteiger partial charge >= 0.3 is 0 Å². The Morgan fingerprint density at radius 1 is 1.32 bits per heavy atom. The van der Waals surface area contributed by atoms with E-state index in [4.69, 9.17) is 0 Å². The van der Waals surface area contributed by atoms with Gasteiger partial charge in [-0.2, -0.15) is 0 Å². The summed E-state index contributed by atoms with van der Waals surface area (Å²) in [6.07, 6.45) is 3.73. The zero-order valence-corrected chi connectivity index (χ0v) is 13.8. The molecule has 0 saturated carbocycles. The van der Waals surface area contributed by atoms with Gasteiger partial charge in [-0.3, -0.25) is 4.79 Å². The summed E-state index contributed by atoms with van der Waals surface area (Å²) in [6.45, 7) is 13.2. The zero-order valence-electron chi connectivity index (χ0n) is 13.0. The normalized spacial score (nSPS) is 18.5. The first kappa shape index (κ1) is 16.8. The molecule has 0 aromatic carbocycles. The highest BCUT2D eigenvalue weighted by Gasteiger charge is 2.15. The Morgan fingerprint density at radius 2 is 1.95 bits per heavy atom. The van der Waals surface area contributed by atoms with Crippen LogP contribution in [0.4, 0.5) is 0 Å². The Labute approximate surface area is 122 Å². The lowest BCUT2D eigenvalue weighted by Gasteiger charge is -2.30. The molecule has 4 heteroatoms. The van der Waals surface area contributed by atoms with Crippen molar-refractivity contribution in [2.24, 2.45) is 5.92 Å². The van der Waals surface area contributed by atoms with Crippen molar-refractivity contribution in [1.82, 2.24) is 10.2 Å². The molecule has 1 N–H and O–H groups in total. The molecule has 1 fully saturated rings. The van der Waals surface area contributed by atoms with E-state index >= 15 is 0 Å². The molecule has 1 heterocycles. The molecule has 1 saturated heterocycles. The summed E-state index contributed by atoms with van der Waals surface area (Å²) >= 11 is 1.71. The number of carbonyl (C=O) groups is 1. The number of rotatable bonds is 6. The third-order valence-corrected chi connectivity index (χ3v) is 4.76. The van der Waals surface area contributed by atoms with Crippen LogP contribution in [-0.2, 0) is 4.79 Å². The summed E-state index contributed by atoms with van der Waals surface area (Å²) < 4.78 is 0.168. The molecule has 0 aromatic heterocycles. The average molecular weight is 286 g/mol. The number of piperidine rings is 1. The Hall–Kier alpha value is -0.220. The Balaban J connectivity index is 2.00. The first-order valence-corrected chi connectivity index (χ1v) is 8.48. The summed E-state index contributed by atoms with van der Waals surface area (Å²) in [7, 11) is 0. The maximum Gasteiger partial charge on any atom is 0.230 e. The molecule has 1 aliphatic rings. The van der Waals surface area contributed by atoms with Crippen LogP contribution in [-0.4, -0.2) is 47.5 Å². The lowest BCUT2D eigenvalue weighted by atomic mass is 9.99. The minimum absolute atomic E-state index is 0.168.